The highest BCUT2D eigenvalue weighted by Crippen LogP contribution is 2.25. The summed E-state index contributed by atoms with van der Waals surface area (Å²) < 4.78 is 4.89. The van der Waals surface area contributed by atoms with Crippen molar-refractivity contribution in [3.8, 4) is 0 Å². The fraction of sp³-hybridized carbons (Fsp3) is 0.167. The number of nitrogens with one attached hydrogen (secondary N) is 1. The Morgan fingerprint density at radius 1 is 1.20 bits per heavy atom. The molecule has 1 heterocycles. The van der Waals surface area contributed by atoms with Crippen molar-refractivity contribution >= 4 is 47.0 Å². The molecule has 0 bridgehead atoms. The van der Waals surface area contributed by atoms with E-state index < -0.39 is 18.5 Å². The molecule has 2 rings (SSSR count). The molecular weight excluding hydrogens is 363 g/mol. The zero-order valence-corrected chi connectivity index (χ0v) is 15.2. The lowest BCUT2D eigenvalue weighted by atomic mass is 10.1. The summed E-state index contributed by atoms with van der Waals surface area (Å²) in [5.41, 5.74) is 2.48. The molecule has 0 atom stereocenters. The van der Waals surface area contributed by atoms with Gasteiger partial charge in [-0.3, -0.25) is 4.79 Å². The number of amides is 1. The van der Waals surface area contributed by atoms with Gasteiger partial charge in [0.1, 0.15) is 0 Å². The number of halogens is 2. The molecule has 130 valence electrons. The first kappa shape index (κ1) is 19.0. The number of esters is 1. The standard InChI is InChI=1S/C18H16Cl2N2O3/c1-11-4-3-5-13(8-11)6-7-17(24)25-10-16(23)22-18-15(20)9-14(19)12(2)21-18/h3-9H,10H2,1-2H3,(H,21,22,23)/b7-6+. The lowest BCUT2D eigenvalue weighted by Crippen LogP contribution is -2.21. The van der Waals surface area contributed by atoms with E-state index in [9.17, 15) is 9.59 Å². The van der Waals surface area contributed by atoms with Crippen molar-refractivity contribution in [3.05, 3.63) is 63.3 Å². The molecule has 7 heteroatoms. The smallest absolute Gasteiger partial charge is 0.331 e. The van der Waals surface area contributed by atoms with Crippen LogP contribution in [0.25, 0.3) is 6.08 Å². The molecule has 0 unspecified atom stereocenters. The van der Waals surface area contributed by atoms with Crippen LogP contribution < -0.4 is 5.32 Å². The third-order valence-corrected chi connectivity index (χ3v) is 3.83. The van der Waals surface area contributed by atoms with E-state index in [1.807, 2.05) is 31.2 Å². The van der Waals surface area contributed by atoms with Gasteiger partial charge in [-0.25, -0.2) is 9.78 Å². The summed E-state index contributed by atoms with van der Waals surface area (Å²) in [5.74, 6) is -1.00. The zero-order chi connectivity index (χ0) is 18.4. The van der Waals surface area contributed by atoms with Crippen LogP contribution in [0, 0.1) is 13.8 Å². The quantitative estimate of drug-likeness (QED) is 0.625. The minimum absolute atomic E-state index is 0.167. The van der Waals surface area contributed by atoms with Crippen molar-refractivity contribution in [2.45, 2.75) is 13.8 Å². The van der Waals surface area contributed by atoms with Gasteiger partial charge in [-0.05, 0) is 31.6 Å². The van der Waals surface area contributed by atoms with Gasteiger partial charge in [0.05, 0.1) is 15.7 Å². The second-order valence-corrected chi connectivity index (χ2v) is 6.10. The lowest BCUT2D eigenvalue weighted by molar-refractivity contribution is -0.142. The minimum atomic E-state index is -0.622. The summed E-state index contributed by atoms with van der Waals surface area (Å²) in [7, 11) is 0. The zero-order valence-electron chi connectivity index (χ0n) is 13.7. The van der Waals surface area contributed by atoms with Gasteiger partial charge >= 0.3 is 5.97 Å². The lowest BCUT2D eigenvalue weighted by Gasteiger charge is -2.08. The third kappa shape index (κ3) is 5.89. The summed E-state index contributed by atoms with van der Waals surface area (Å²) >= 11 is 11.8. The predicted octanol–water partition coefficient (Wildman–Crippen LogP) is 4.20. The van der Waals surface area contributed by atoms with Crippen LogP contribution >= 0.6 is 23.2 Å². The number of hydrogen-bond donors (Lipinski definition) is 1. The Labute approximate surface area is 155 Å². The van der Waals surface area contributed by atoms with Crippen LogP contribution in [0.15, 0.2) is 36.4 Å². The van der Waals surface area contributed by atoms with Gasteiger partial charge in [0.25, 0.3) is 5.91 Å². The summed E-state index contributed by atoms with van der Waals surface area (Å²) in [6.45, 7) is 3.19. The second-order valence-electron chi connectivity index (χ2n) is 5.29. The van der Waals surface area contributed by atoms with Crippen molar-refractivity contribution in [3.63, 3.8) is 0 Å². The van der Waals surface area contributed by atoms with E-state index in [4.69, 9.17) is 27.9 Å². The van der Waals surface area contributed by atoms with Crippen molar-refractivity contribution in [2.75, 3.05) is 11.9 Å². The van der Waals surface area contributed by atoms with Gasteiger partial charge in [-0.15, -0.1) is 0 Å². The molecule has 0 aliphatic rings. The Bertz CT molecular complexity index is 835. The summed E-state index contributed by atoms with van der Waals surface area (Å²) in [4.78, 5) is 27.6. The van der Waals surface area contributed by atoms with E-state index in [2.05, 4.69) is 10.3 Å². The molecular formula is C18H16Cl2N2O3. The molecule has 0 radical (unpaired) electrons. The number of carbonyl (C=O) groups is 2. The molecule has 0 saturated heterocycles. The normalized spacial score (nSPS) is 10.7. The molecule has 1 aromatic heterocycles. The van der Waals surface area contributed by atoms with Crippen molar-refractivity contribution < 1.29 is 14.3 Å². The molecule has 5 nitrogen and oxygen atoms in total. The maximum atomic E-state index is 11.8. The van der Waals surface area contributed by atoms with Crippen LogP contribution in [-0.2, 0) is 14.3 Å². The maximum Gasteiger partial charge on any atom is 0.331 e. The number of anilines is 1. The van der Waals surface area contributed by atoms with Crippen molar-refractivity contribution in [1.82, 2.24) is 4.98 Å². The number of aryl methyl sites for hydroxylation is 2. The van der Waals surface area contributed by atoms with E-state index in [0.29, 0.717) is 10.7 Å². The number of benzene rings is 1. The number of hydrogen-bond acceptors (Lipinski definition) is 4. The van der Waals surface area contributed by atoms with E-state index >= 15 is 0 Å². The van der Waals surface area contributed by atoms with Crippen LogP contribution in [0.4, 0.5) is 5.82 Å². The molecule has 0 aliphatic heterocycles. The van der Waals surface area contributed by atoms with Gasteiger partial charge in [-0.2, -0.15) is 0 Å². The van der Waals surface area contributed by atoms with Crippen LogP contribution in [0.1, 0.15) is 16.8 Å². The molecule has 1 amide bonds. The first-order valence-corrected chi connectivity index (χ1v) is 8.15. The fourth-order valence-electron chi connectivity index (χ4n) is 1.94. The van der Waals surface area contributed by atoms with Crippen LogP contribution in [-0.4, -0.2) is 23.5 Å². The predicted molar refractivity (Wildman–Crippen MR) is 98.8 cm³/mol. The third-order valence-electron chi connectivity index (χ3n) is 3.16. The molecule has 0 spiro atoms. The first-order valence-electron chi connectivity index (χ1n) is 7.39. The molecule has 2 aromatic rings. The number of carbonyl (C=O) groups excluding carboxylic acids is 2. The topological polar surface area (TPSA) is 68.3 Å². The van der Waals surface area contributed by atoms with E-state index in [1.165, 1.54) is 12.1 Å². The molecule has 25 heavy (non-hydrogen) atoms. The highest BCUT2D eigenvalue weighted by Gasteiger charge is 2.11. The number of ether oxygens (including phenoxy) is 1. The van der Waals surface area contributed by atoms with Crippen LogP contribution in [0.5, 0.6) is 0 Å². The summed E-state index contributed by atoms with van der Waals surface area (Å²) in [6.07, 6.45) is 2.88. The van der Waals surface area contributed by atoms with Gasteiger partial charge < -0.3 is 10.1 Å². The van der Waals surface area contributed by atoms with Gasteiger partial charge in [0, 0.05) is 6.08 Å². The average molecular weight is 379 g/mol. The SMILES string of the molecule is Cc1cccc(/C=C/C(=O)OCC(=O)Nc2nc(C)c(Cl)cc2Cl)c1. The monoisotopic (exact) mass is 378 g/mol. The summed E-state index contributed by atoms with van der Waals surface area (Å²) in [5, 5.41) is 3.08. The van der Waals surface area contributed by atoms with Crippen molar-refractivity contribution in [2.24, 2.45) is 0 Å². The molecule has 0 aliphatic carbocycles. The number of pyridine rings is 1. The Morgan fingerprint density at radius 2 is 1.96 bits per heavy atom. The van der Waals surface area contributed by atoms with Crippen molar-refractivity contribution in [1.29, 1.82) is 0 Å². The molecule has 1 N–H and O–H groups in total. The second kappa shape index (κ2) is 8.65. The van der Waals surface area contributed by atoms with Gasteiger partial charge in [0.15, 0.2) is 12.4 Å². The Morgan fingerprint density at radius 3 is 2.68 bits per heavy atom. The minimum Gasteiger partial charge on any atom is -0.452 e. The summed E-state index contributed by atoms with van der Waals surface area (Å²) in [6, 6.07) is 9.11. The van der Waals surface area contributed by atoms with Gasteiger partial charge in [0.2, 0.25) is 0 Å². The Balaban J connectivity index is 1.87. The van der Waals surface area contributed by atoms with Gasteiger partial charge in [-0.1, -0.05) is 53.0 Å². The van der Waals surface area contributed by atoms with Crippen LogP contribution in [0.2, 0.25) is 10.0 Å². The van der Waals surface area contributed by atoms with E-state index in [0.717, 1.165) is 11.1 Å². The maximum absolute atomic E-state index is 11.8. The molecule has 0 fully saturated rings. The number of aromatic nitrogens is 1. The van der Waals surface area contributed by atoms with Crippen LogP contribution in [0.3, 0.4) is 0 Å². The van der Waals surface area contributed by atoms with E-state index in [-0.39, 0.29) is 10.8 Å². The number of rotatable bonds is 5. The highest BCUT2D eigenvalue weighted by atomic mass is 35.5. The largest absolute Gasteiger partial charge is 0.452 e. The molecule has 1 aromatic carbocycles. The van der Waals surface area contributed by atoms with E-state index in [1.54, 1.807) is 13.0 Å². The first-order chi connectivity index (χ1) is 11.8. The highest BCUT2D eigenvalue weighted by molar-refractivity contribution is 6.36. The molecule has 0 saturated carbocycles. The Kier molecular flexibility index (Phi) is 6.56. The fourth-order valence-corrected chi connectivity index (χ4v) is 2.34. The Hall–Kier alpha value is -2.37. The average Bonchev–Trinajstić information content (AvgIpc) is 2.56. The number of nitrogens with zero attached hydrogens (tertiary/aromatic N) is 1.